The molecule has 1 N–H and O–H groups in total. The molecule has 0 spiro atoms. The minimum atomic E-state index is -0.250. The number of fused-ring (bicyclic) bond motifs is 1. The van der Waals surface area contributed by atoms with Crippen molar-refractivity contribution in [3.63, 3.8) is 0 Å². The van der Waals surface area contributed by atoms with Gasteiger partial charge in [-0.1, -0.05) is 18.2 Å². The van der Waals surface area contributed by atoms with E-state index in [0.717, 1.165) is 55.0 Å². The summed E-state index contributed by atoms with van der Waals surface area (Å²) in [7, 11) is 2.06. The summed E-state index contributed by atoms with van der Waals surface area (Å²) in [6, 6.07) is 8.99. The summed E-state index contributed by atoms with van der Waals surface area (Å²) in [4.78, 5) is 29.4. The zero-order valence-corrected chi connectivity index (χ0v) is 16.9. The zero-order chi connectivity index (χ0) is 20.4. The van der Waals surface area contributed by atoms with Gasteiger partial charge < -0.3 is 14.2 Å². The molecule has 0 unspecified atom stereocenters. The molecule has 2 heterocycles. The van der Waals surface area contributed by atoms with Gasteiger partial charge in [-0.3, -0.25) is 9.59 Å². The molecule has 1 aromatic heterocycles. The molecule has 1 fully saturated rings. The highest BCUT2D eigenvalue weighted by atomic mass is 16.4. The van der Waals surface area contributed by atoms with Crippen molar-refractivity contribution in [1.29, 1.82) is 0 Å². The standard InChI is InChI=1S/C22H26N4O3/c1-15-19-17(23-24-21(27)16-7-4-3-5-8-16)9-6-10-18(19)29-20(15)22(28)26-13-11-25(2)12-14-26/h3-5,7-8H,6,9-14H2,1-2H3,(H,24,27)/b23-17+. The Labute approximate surface area is 170 Å². The Morgan fingerprint density at radius 2 is 1.79 bits per heavy atom. The summed E-state index contributed by atoms with van der Waals surface area (Å²) in [6.45, 7) is 5.04. The van der Waals surface area contributed by atoms with Crippen molar-refractivity contribution >= 4 is 17.5 Å². The van der Waals surface area contributed by atoms with E-state index in [1.165, 1.54) is 0 Å². The monoisotopic (exact) mass is 394 g/mol. The number of nitrogens with one attached hydrogen (secondary N) is 1. The fraction of sp³-hybridized carbons (Fsp3) is 0.409. The van der Waals surface area contributed by atoms with Gasteiger partial charge in [-0.05, 0) is 38.9 Å². The van der Waals surface area contributed by atoms with E-state index in [2.05, 4.69) is 22.5 Å². The van der Waals surface area contributed by atoms with Crippen molar-refractivity contribution in [3.8, 4) is 0 Å². The molecule has 2 aliphatic rings. The van der Waals surface area contributed by atoms with Crippen molar-refractivity contribution in [2.24, 2.45) is 5.10 Å². The largest absolute Gasteiger partial charge is 0.455 e. The number of benzene rings is 1. The van der Waals surface area contributed by atoms with Crippen LogP contribution in [-0.2, 0) is 6.42 Å². The Morgan fingerprint density at radius 3 is 2.52 bits per heavy atom. The van der Waals surface area contributed by atoms with E-state index >= 15 is 0 Å². The molecule has 0 radical (unpaired) electrons. The quantitative estimate of drug-likeness (QED) is 0.811. The molecule has 0 bridgehead atoms. The number of carbonyl (C=O) groups excluding carboxylic acids is 2. The lowest BCUT2D eigenvalue weighted by Gasteiger charge is -2.31. The van der Waals surface area contributed by atoms with E-state index in [9.17, 15) is 9.59 Å². The minimum Gasteiger partial charge on any atom is -0.455 e. The Hall–Kier alpha value is -2.93. The predicted molar refractivity (Wildman–Crippen MR) is 110 cm³/mol. The Kier molecular flexibility index (Phi) is 5.49. The number of carbonyl (C=O) groups is 2. The highest BCUT2D eigenvalue weighted by Gasteiger charge is 2.31. The van der Waals surface area contributed by atoms with Crippen molar-refractivity contribution < 1.29 is 14.0 Å². The molecule has 29 heavy (non-hydrogen) atoms. The minimum absolute atomic E-state index is 0.0577. The van der Waals surface area contributed by atoms with E-state index in [0.29, 0.717) is 24.4 Å². The molecule has 1 saturated heterocycles. The van der Waals surface area contributed by atoms with E-state index < -0.39 is 0 Å². The fourth-order valence-corrected chi connectivity index (χ4v) is 3.91. The van der Waals surface area contributed by atoms with Crippen molar-refractivity contribution in [3.05, 3.63) is 58.5 Å². The van der Waals surface area contributed by atoms with Crippen LogP contribution in [0.2, 0.25) is 0 Å². The second kappa shape index (κ2) is 8.21. The average molecular weight is 394 g/mol. The van der Waals surface area contributed by atoms with Crippen LogP contribution in [0.15, 0.2) is 39.9 Å². The second-order valence-corrected chi connectivity index (χ2v) is 7.67. The van der Waals surface area contributed by atoms with E-state index in [-0.39, 0.29) is 11.8 Å². The number of hydrogen-bond donors (Lipinski definition) is 1. The second-order valence-electron chi connectivity index (χ2n) is 7.67. The third-order valence-electron chi connectivity index (χ3n) is 5.64. The molecule has 4 rings (SSSR count). The molecule has 1 aliphatic carbocycles. The third kappa shape index (κ3) is 3.96. The van der Waals surface area contributed by atoms with E-state index in [1.807, 2.05) is 30.0 Å². The van der Waals surface area contributed by atoms with Gasteiger partial charge in [0, 0.05) is 49.3 Å². The van der Waals surface area contributed by atoms with Gasteiger partial charge in [-0.25, -0.2) is 5.43 Å². The maximum absolute atomic E-state index is 13.0. The first kappa shape index (κ1) is 19.4. The first-order valence-corrected chi connectivity index (χ1v) is 10.1. The van der Waals surface area contributed by atoms with Crippen LogP contribution in [0.5, 0.6) is 0 Å². The SMILES string of the molecule is Cc1c(C(=O)N2CCN(C)CC2)oc2c1/C(=N/NC(=O)c1ccccc1)CCC2. The van der Waals surface area contributed by atoms with Crippen LogP contribution in [0, 0.1) is 6.92 Å². The lowest BCUT2D eigenvalue weighted by atomic mass is 9.93. The lowest BCUT2D eigenvalue weighted by Crippen LogP contribution is -2.47. The Bertz CT molecular complexity index is 940. The molecule has 0 saturated carbocycles. The number of rotatable bonds is 3. The van der Waals surface area contributed by atoms with Crippen LogP contribution in [0.25, 0.3) is 0 Å². The first-order chi connectivity index (χ1) is 14.0. The molecular weight excluding hydrogens is 368 g/mol. The van der Waals surface area contributed by atoms with E-state index in [4.69, 9.17) is 4.42 Å². The summed E-state index contributed by atoms with van der Waals surface area (Å²) in [5.41, 5.74) is 5.67. The van der Waals surface area contributed by atoms with Gasteiger partial charge in [0.2, 0.25) is 0 Å². The van der Waals surface area contributed by atoms with E-state index in [1.54, 1.807) is 12.1 Å². The number of hydrazone groups is 1. The number of amides is 2. The van der Waals surface area contributed by atoms with Crippen LogP contribution in [0.3, 0.4) is 0 Å². The molecule has 1 aliphatic heterocycles. The molecule has 2 aromatic rings. The van der Waals surface area contributed by atoms with Crippen LogP contribution < -0.4 is 5.43 Å². The number of likely N-dealkylation sites (N-methyl/N-ethyl adjacent to an activating group) is 1. The molecule has 2 amide bonds. The van der Waals surface area contributed by atoms with Crippen molar-refractivity contribution in [2.45, 2.75) is 26.2 Å². The maximum atomic E-state index is 13.0. The smallest absolute Gasteiger partial charge is 0.289 e. The summed E-state index contributed by atoms with van der Waals surface area (Å²) in [5, 5.41) is 4.38. The number of nitrogens with zero attached hydrogens (tertiary/aromatic N) is 3. The molecule has 7 nitrogen and oxygen atoms in total. The fourth-order valence-electron chi connectivity index (χ4n) is 3.91. The first-order valence-electron chi connectivity index (χ1n) is 10.1. The van der Waals surface area contributed by atoms with Crippen molar-refractivity contribution in [2.75, 3.05) is 33.2 Å². The average Bonchev–Trinajstić information content (AvgIpc) is 3.10. The number of furan rings is 1. The van der Waals surface area contributed by atoms with Crippen LogP contribution in [0.4, 0.5) is 0 Å². The maximum Gasteiger partial charge on any atom is 0.289 e. The predicted octanol–water partition coefficient (Wildman–Crippen LogP) is 2.45. The van der Waals surface area contributed by atoms with Gasteiger partial charge in [-0.2, -0.15) is 5.10 Å². The molecule has 1 aromatic carbocycles. The normalized spacial score (nSPS) is 18.6. The summed E-state index contributed by atoms with van der Waals surface area (Å²) < 4.78 is 6.00. The van der Waals surface area contributed by atoms with Crippen LogP contribution in [-0.4, -0.2) is 60.6 Å². The molecule has 152 valence electrons. The van der Waals surface area contributed by atoms with Gasteiger partial charge in [0.1, 0.15) is 5.76 Å². The molecule has 0 atom stereocenters. The van der Waals surface area contributed by atoms with Gasteiger partial charge in [0.25, 0.3) is 11.8 Å². The Morgan fingerprint density at radius 1 is 1.07 bits per heavy atom. The summed E-state index contributed by atoms with van der Waals surface area (Å²) >= 11 is 0. The number of piperazine rings is 1. The molecule has 7 heteroatoms. The summed E-state index contributed by atoms with van der Waals surface area (Å²) in [5.74, 6) is 0.889. The Balaban J connectivity index is 1.56. The lowest BCUT2D eigenvalue weighted by molar-refractivity contribution is 0.0629. The van der Waals surface area contributed by atoms with Crippen molar-refractivity contribution in [1.82, 2.24) is 15.2 Å². The third-order valence-corrected chi connectivity index (χ3v) is 5.64. The van der Waals surface area contributed by atoms with Crippen LogP contribution in [0.1, 0.15) is 50.6 Å². The summed E-state index contributed by atoms with van der Waals surface area (Å²) in [6.07, 6.45) is 2.39. The number of hydrogen-bond acceptors (Lipinski definition) is 5. The highest BCUT2D eigenvalue weighted by Crippen LogP contribution is 2.30. The number of aryl methyl sites for hydroxylation is 1. The highest BCUT2D eigenvalue weighted by molar-refractivity contribution is 6.07. The van der Waals surface area contributed by atoms with Gasteiger partial charge in [0.15, 0.2) is 5.76 Å². The zero-order valence-electron chi connectivity index (χ0n) is 16.9. The topological polar surface area (TPSA) is 78.2 Å². The van der Waals surface area contributed by atoms with Gasteiger partial charge in [-0.15, -0.1) is 0 Å². The van der Waals surface area contributed by atoms with Gasteiger partial charge >= 0.3 is 0 Å². The van der Waals surface area contributed by atoms with Gasteiger partial charge in [0.05, 0.1) is 5.71 Å². The van der Waals surface area contributed by atoms with Crippen LogP contribution >= 0.6 is 0 Å². The molecular formula is C22H26N4O3.